The van der Waals surface area contributed by atoms with Crippen molar-refractivity contribution in [2.45, 2.75) is 25.8 Å². The van der Waals surface area contributed by atoms with Gasteiger partial charge in [0.25, 0.3) is 5.91 Å². The van der Waals surface area contributed by atoms with E-state index in [2.05, 4.69) is 0 Å². The minimum absolute atomic E-state index is 0.0388. The number of ether oxygens (including phenoxy) is 1. The van der Waals surface area contributed by atoms with Gasteiger partial charge in [0.05, 0.1) is 10.9 Å². The maximum Gasteiger partial charge on any atom is 0.264 e. The molecule has 1 atom stereocenters. The summed E-state index contributed by atoms with van der Waals surface area (Å²) in [6, 6.07) is 11.3. The standard InChI is InChI=1S/C24H25FN2O3S2/c1-2-11-26(24(29)22-4-3-13-31-22)15-23(28)27-12-9-21-19(10-14-32-21)20(27)16-30-18-7-5-17(25)6-8-18/h3-8,10,13-14,20H,2,9,11-12,15-16H2,1H3/t20-/m1/s1. The monoisotopic (exact) mass is 472 g/mol. The Morgan fingerprint density at radius 1 is 1.16 bits per heavy atom. The maximum atomic E-state index is 13.4. The lowest BCUT2D eigenvalue weighted by molar-refractivity contribution is -0.135. The summed E-state index contributed by atoms with van der Waals surface area (Å²) in [6.07, 6.45) is 1.56. The number of thiophene rings is 2. The lowest BCUT2D eigenvalue weighted by Gasteiger charge is -2.37. The molecule has 0 radical (unpaired) electrons. The number of benzene rings is 1. The van der Waals surface area contributed by atoms with Crippen LogP contribution in [0.3, 0.4) is 0 Å². The summed E-state index contributed by atoms with van der Waals surface area (Å²) in [5, 5.41) is 3.90. The van der Waals surface area contributed by atoms with Crippen LogP contribution in [-0.2, 0) is 11.2 Å². The highest BCUT2D eigenvalue weighted by atomic mass is 32.1. The van der Waals surface area contributed by atoms with Gasteiger partial charge >= 0.3 is 0 Å². The molecule has 2 amide bonds. The van der Waals surface area contributed by atoms with Gasteiger partial charge in [0.15, 0.2) is 0 Å². The Balaban J connectivity index is 1.50. The van der Waals surface area contributed by atoms with E-state index in [-0.39, 0.29) is 36.8 Å². The minimum atomic E-state index is -0.321. The second-order valence-corrected chi connectivity index (χ2v) is 9.57. The number of nitrogens with zero attached hydrogens (tertiary/aromatic N) is 2. The molecule has 1 aromatic carbocycles. The van der Waals surface area contributed by atoms with E-state index in [1.165, 1.54) is 28.3 Å². The van der Waals surface area contributed by atoms with Crippen molar-refractivity contribution < 1.29 is 18.7 Å². The van der Waals surface area contributed by atoms with Crippen molar-refractivity contribution in [3.8, 4) is 5.75 Å². The molecule has 5 nitrogen and oxygen atoms in total. The molecular weight excluding hydrogens is 447 g/mol. The molecule has 8 heteroatoms. The number of carbonyl (C=O) groups excluding carboxylic acids is 2. The van der Waals surface area contributed by atoms with Gasteiger partial charge in [-0.05, 0) is 65.6 Å². The fourth-order valence-corrected chi connectivity index (χ4v) is 5.53. The normalized spacial score (nSPS) is 15.3. The smallest absolute Gasteiger partial charge is 0.264 e. The summed E-state index contributed by atoms with van der Waals surface area (Å²) >= 11 is 3.07. The van der Waals surface area contributed by atoms with Gasteiger partial charge in [0.2, 0.25) is 5.91 Å². The Morgan fingerprint density at radius 3 is 2.69 bits per heavy atom. The number of hydrogen-bond donors (Lipinski definition) is 0. The van der Waals surface area contributed by atoms with Crippen LogP contribution < -0.4 is 4.74 Å². The van der Waals surface area contributed by atoms with Crippen molar-refractivity contribution in [2.24, 2.45) is 0 Å². The van der Waals surface area contributed by atoms with E-state index >= 15 is 0 Å². The van der Waals surface area contributed by atoms with Crippen LogP contribution >= 0.6 is 22.7 Å². The lowest BCUT2D eigenvalue weighted by Crippen LogP contribution is -2.48. The molecule has 1 aliphatic heterocycles. The van der Waals surface area contributed by atoms with Crippen molar-refractivity contribution in [1.82, 2.24) is 9.80 Å². The van der Waals surface area contributed by atoms with Crippen molar-refractivity contribution in [3.05, 3.63) is 74.4 Å². The molecule has 3 aromatic rings. The molecule has 0 aliphatic carbocycles. The molecule has 168 valence electrons. The lowest BCUT2D eigenvalue weighted by atomic mass is 10.0. The molecule has 2 aromatic heterocycles. The van der Waals surface area contributed by atoms with Crippen LogP contribution in [0.4, 0.5) is 4.39 Å². The third-order valence-corrected chi connectivity index (χ3v) is 7.33. The topological polar surface area (TPSA) is 49.9 Å². The average Bonchev–Trinajstić information content (AvgIpc) is 3.50. The zero-order chi connectivity index (χ0) is 22.5. The first-order valence-corrected chi connectivity index (χ1v) is 12.4. The largest absolute Gasteiger partial charge is 0.491 e. The van der Waals surface area contributed by atoms with E-state index in [1.54, 1.807) is 34.4 Å². The SMILES string of the molecule is CCCN(CC(=O)N1CCc2sccc2[C@H]1COc1ccc(F)cc1)C(=O)c1cccs1. The van der Waals surface area contributed by atoms with E-state index in [0.717, 1.165) is 18.4 Å². The van der Waals surface area contributed by atoms with Gasteiger partial charge in [-0.1, -0.05) is 13.0 Å². The molecule has 0 saturated heterocycles. The van der Waals surface area contributed by atoms with Gasteiger partial charge in [0, 0.05) is 18.0 Å². The number of halogens is 1. The number of amides is 2. The molecule has 0 N–H and O–H groups in total. The molecule has 0 unspecified atom stereocenters. The Kier molecular flexibility index (Phi) is 7.22. The predicted molar refractivity (Wildman–Crippen MR) is 125 cm³/mol. The Morgan fingerprint density at radius 2 is 1.97 bits per heavy atom. The molecular formula is C24H25FN2O3S2. The molecule has 1 aliphatic rings. The first-order chi connectivity index (χ1) is 15.6. The van der Waals surface area contributed by atoms with Gasteiger partial charge in [-0.25, -0.2) is 4.39 Å². The number of hydrogen-bond acceptors (Lipinski definition) is 5. The maximum absolute atomic E-state index is 13.4. The molecule has 0 bridgehead atoms. The number of fused-ring (bicyclic) bond motifs is 1. The molecule has 3 heterocycles. The summed E-state index contributed by atoms with van der Waals surface area (Å²) in [4.78, 5) is 31.6. The minimum Gasteiger partial charge on any atom is -0.491 e. The zero-order valence-corrected chi connectivity index (χ0v) is 19.5. The summed E-state index contributed by atoms with van der Waals surface area (Å²) in [6.45, 7) is 3.41. The van der Waals surface area contributed by atoms with Gasteiger partial charge in [-0.15, -0.1) is 22.7 Å². The second kappa shape index (κ2) is 10.3. The highest BCUT2D eigenvalue weighted by Gasteiger charge is 2.33. The van der Waals surface area contributed by atoms with Gasteiger partial charge in [0.1, 0.15) is 24.7 Å². The van der Waals surface area contributed by atoms with E-state index in [0.29, 0.717) is 23.7 Å². The average molecular weight is 473 g/mol. The Hall–Kier alpha value is -2.71. The highest BCUT2D eigenvalue weighted by Crippen LogP contribution is 2.34. The van der Waals surface area contributed by atoms with Gasteiger partial charge < -0.3 is 14.5 Å². The second-order valence-electron chi connectivity index (χ2n) is 7.62. The van der Waals surface area contributed by atoms with Crippen LogP contribution in [0.1, 0.15) is 39.5 Å². The summed E-state index contributed by atoms with van der Waals surface area (Å²) in [5.41, 5.74) is 1.09. The quantitative estimate of drug-likeness (QED) is 0.463. The molecule has 0 saturated carbocycles. The molecule has 4 rings (SSSR count). The van der Waals surface area contributed by atoms with Crippen LogP contribution in [0.25, 0.3) is 0 Å². The molecule has 0 fully saturated rings. The van der Waals surface area contributed by atoms with Crippen LogP contribution in [0.2, 0.25) is 0 Å². The predicted octanol–water partition coefficient (Wildman–Crippen LogP) is 5.01. The summed E-state index contributed by atoms with van der Waals surface area (Å²) in [7, 11) is 0. The number of carbonyl (C=O) groups is 2. The zero-order valence-electron chi connectivity index (χ0n) is 17.8. The fourth-order valence-electron chi connectivity index (χ4n) is 3.91. The third kappa shape index (κ3) is 5.02. The van der Waals surface area contributed by atoms with E-state index in [4.69, 9.17) is 4.74 Å². The summed E-state index contributed by atoms with van der Waals surface area (Å²) in [5.74, 6) is 0.0375. The summed E-state index contributed by atoms with van der Waals surface area (Å²) < 4.78 is 19.1. The first kappa shape index (κ1) is 22.5. The number of rotatable bonds is 8. The van der Waals surface area contributed by atoms with Crippen LogP contribution in [0.15, 0.2) is 53.2 Å². The van der Waals surface area contributed by atoms with Gasteiger partial charge in [-0.2, -0.15) is 0 Å². The van der Waals surface area contributed by atoms with Crippen LogP contribution in [0, 0.1) is 5.82 Å². The van der Waals surface area contributed by atoms with E-state index in [1.807, 2.05) is 34.7 Å². The first-order valence-electron chi connectivity index (χ1n) is 10.6. The van der Waals surface area contributed by atoms with E-state index < -0.39 is 0 Å². The Bertz CT molecular complexity index is 1050. The van der Waals surface area contributed by atoms with Crippen molar-refractivity contribution in [1.29, 1.82) is 0 Å². The van der Waals surface area contributed by atoms with Crippen molar-refractivity contribution in [2.75, 3.05) is 26.2 Å². The van der Waals surface area contributed by atoms with Crippen LogP contribution in [-0.4, -0.2) is 47.9 Å². The van der Waals surface area contributed by atoms with Crippen molar-refractivity contribution >= 4 is 34.5 Å². The van der Waals surface area contributed by atoms with Crippen LogP contribution in [0.5, 0.6) is 5.75 Å². The highest BCUT2D eigenvalue weighted by molar-refractivity contribution is 7.12. The van der Waals surface area contributed by atoms with Gasteiger partial charge in [-0.3, -0.25) is 9.59 Å². The fraction of sp³-hybridized carbons (Fsp3) is 0.333. The van der Waals surface area contributed by atoms with E-state index in [9.17, 15) is 14.0 Å². The molecule has 0 spiro atoms. The molecule has 32 heavy (non-hydrogen) atoms. The van der Waals surface area contributed by atoms with Crippen molar-refractivity contribution in [3.63, 3.8) is 0 Å². The third-order valence-electron chi connectivity index (χ3n) is 5.48. The Labute approximate surface area is 195 Å².